The van der Waals surface area contributed by atoms with E-state index in [-0.39, 0.29) is 36.6 Å². The van der Waals surface area contributed by atoms with E-state index in [1.165, 1.54) is 6.92 Å². The molecule has 1 saturated heterocycles. The second-order valence-corrected chi connectivity index (χ2v) is 5.80. The van der Waals surface area contributed by atoms with Crippen LogP contribution in [0.1, 0.15) is 41.0 Å². The Hall–Kier alpha value is -1.39. The largest absolute Gasteiger partial charge is 0.465 e. The highest BCUT2D eigenvalue weighted by molar-refractivity contribution is 5.84. The molecule has 0 aromatic carbocycles. The molecule has 0 amide bonds. The highest BCUT2D eigenvalue weighted by Gasteiger charge is 2.41. The van der Waals surface area contributed by atoms with Crippen LogP contribution >= 0.6 is 0 Å². The number of ketones is 1. The number of hydrogen-bond donors (Lipinski definition) is 0. The molecule has 3 atom stereocenters. The second kappa shape index (κ2) is 5.72. The summed E-state index contributed by atoms with van der Waals surface area (Å²) in [5.41, 5.74) is -0.770. The summed E-state index contributed by atoms with van der Waals surface area (Å²) >= 11 is 0. The Bertz CT molecular complexity index is 385. The summed E-state index contributed by atoms with van der Waals surface area (Å²) in [5, 5.41) is 0. The molecular formula is C14H22O5. The van der Waals surface area contributed by atoms with Crippen molar-refractivity contribution < 1.29 is 23.9 Å². The minimum atomic E-state index is -0.770. The number of hydrogen-bond acceptors (Lipinski definition) is 5. The molecule has 19 heavy (non-hydrogen) atoms. The monoisotopic (exact) mass is 270 g/mol. The molecule has 0 spiro atoms. The van der Waals surface area contributed by atoms with Crippen LogP contribution in [0.4, 0.5) is 0 Å². The Morgan fingerprint density at radius 2 is 1.89 bits per heavy atom. The smallest absolute Gasteiger partial charge is 0.309 e. The van der Waals surface area contributed by atoms with Crippen LogP contribution in [0.15, 0.2) is 0 Å². The average Bonchev–Trinajstić information content (AvgIpc) is 2.73. The molecular weight excluding hydrogens is 248 g/mol. The molecule has 5 nitrogen and oxygen atoms in total. The van der Waals surface area contributed by atoms with E-state index >= 15 is 0 Å². The predicted molar refractivity (Wildman–Crippen MR) is 68.2 cm³/mol. The first-order chi connectivity index (χ1) is 8.65. The lowest BCUT2D eigenvalue weighted by molar-refractivity contribution is -0.169. The molecule has 0 bridgehead atoms. The maximum Gasteiger partial charge on any atom is 0.309 e. The number of ether oxygens (including phenoxy) is 2. The zero-order valence-electron chi connectivity index (χ0n) is 12.2. The molecule has 0 aromatic rings. The Balaban J connectivity index is 2.64. The van der Waals surface area contributed by atoms with Crippen LogP contribution in [0.2, 0.25) is 0 Å². The zero-order chi connectivity index (χ0) is 14.8. The van der Waals surface area contributed by atoms with Gasteiger partial charge in [-0.3, -0.25) is 14.4 Å². The highest BCUT2D eigenvalue weighted by Crippen LogP contribution is 2.31. The normalized spacial score (nSPS) is 22.6. The summed E-state index contributed by atoms with van der Waals surface area (Å²) in [6.45, 7) is 8.66. The van der Waals surface area contributed by atoms with E-state index < -0.39 is 17.5 Å². The van der Waals surface area contributed by atoms with Crippen molar-refractivity contribution in [2.24, 2.45) is 17.8 Å². The van der Waals surface area contributed by atoms with Crippen LogP contribution in [0.25, 0.3) is 0 Å². The number of carbonyl (C=O) groups excluding carboxylic acids is 3. The van der Waals surface area contributed by atoms with Crippen molar-refractivity contribution in [1.82, 2.24) is 0 Å². The number of carbonyl (C=O) groups is 3. The third-order valence-electron chi connectivity index (χ3n) is 3.97. The lowest BCUT2D eigenvalue weighted by Gasteiger charge is -2.31. The van der Waals surface area contributed by atoms with E-state index in [0.29, 0.717) is 0 Å². The molecule has 3 unspecified atom stereocenters. The van der Waals surface area contributed by atoms with Gasteiger partial charge in [-0.25, -0.2) is 0 Å². The molecule has 0 aromatic heterocycles. The number of Topliss-reactive ketones (excluding diaryl/α,β-unsaturated/α-hetero) is 1. The first-order valence-corrected chi connectivity index (χ1v) is 6.54. The first-order valence-electron chi connectivity index (χ1n) is 6.54. The molecule has 1 aliphatic rings. The van der Waals surface area contributed by atoms with Gasteiger partial charge >= 0.3 is 11.9 Å². The molecule has 0 saturated carbocycles. The van der Waals surface area contributed by atoms with Crippen molar-refractivity contribution in [3.8, 4) is 0 Å². The van der Waals surface area contributed by atoms with Gasteiger partial charge in [0.15, 0.2) is 0 Å². The fourth-order valence-electron chi connectivity index (χ4n) is 1.95. The van der Waals surface area contributed by atoms with E-state index in [9.17, 15) is 14.4 Å². The lowest BCUT2D eigenvalue weighted by Crippen LogP contribution is -2.40. The van der Waals surface area contributed by atoms with E-state index in [1.54, 1.807) is 27.7 Å². The van der Waals surface area contributed by atoms with Gasteiger partial charge in [0.25, 0.3) is 0 Å². The van der Waals surface area contributed by atoms with Gasteiger partial charge in [-0.2, -0.15) is 0 Å². The fourth-order valence-corrected chi connectivity index (χ4v) is 1.95. The number of rotatable bonds is 5. The van der Waals surface area contributed by atoms with E-state index in [2.05, 4.69) is 0 Å². The van der Waals surface area contributed by atoms with E-state index in [4.69, 9.17) is 9.47 Å². The topological polar surface area (TPSA) is 69.7 Å². The lowest BCUT2D eigenvalue weighted by atomic mass is 9.88. The standard InChI is InChI=1S/C14H22O5/c1-8(10(3)15)9(2)13(17)19-14(4,5)11-6-12(16)18-7-11/h8-9,11H,6-7H2,1-5H3. The van der Waals surface area contributed by atoms with E-state index in [0.717, 1.165) is 0 Å². The Kier molecular flexibility index (Phi) is 4.71. The Morgan fingerprint density at radius 1 is 1.32 bits per heavy atom. The van der Waals surface area contributed by atoms with Crippen molar-refractivity contribution in [2.45, 2.75) is 46.6 Å². The van der Waals surface area contributed by atoms with Gasteiger partial charge < -0.3 is 9.47 Å². The van der Waals surface area contributed by atoms with Gasteiger partial charge in [0.05, 0.1) is 18.9 Å². The molecule has 0 radical (unpaired) electrons. The van der Waals surface area contributed by atoms with Gasteiger partial charge in [-0.15, -0.1) is 0 Å². The van der Waals surface area contributed by atoms with Gasteiger partial charge in [0, 0.05) is 11.8 Å². The average molecular weight is 270 g/mol. The summed E-state index contributed by atoms with van der Waals surface area (Å²) in [4.78, 5) is 34.4. The minimum absolute atomic E-state index is 0.0402. The zero-order valence-corrected chi connectivity index (χ0v) is 12.2. The van der Waals surface area contributed by atoms with Crippen LogP contribution in [0.5, 0.6) is 0 Å². The van der Waals surface area contributed by atoms with Crippen LogP contribution < -0.4 is 0 Å². The van der Waals surface area contributed by atoms with Crippen LogP contribution in [0.3, 0.4) is 0 Å². The van der Waals surface area contributed by atoms with Crippen molar-refractivity contribution in [3.05, 3.63) is 0 Å². The molecule has 0 aliphatic carbocycles. The van der Waals surface area contributed by atoms with Gasteiger partial charge in [0.1, 0.15) is 11.4 Å². The van der Waals surface area contributed by atoms with Crippen LogP contribution in [-0.4, -0.2) is 29.9 Å². The number of cyclic esters (lactones) is 1. The summed E-state index contributed by atoms with van der Waals surface area (Å²) in [6.07, 6.45) is 0.261. The van der Waals surface area contributed by atoms with Crippen molar-refractivity contribution in [2.75, 3.05) is 6.61 Å². The van der Waals surface area contributed by atoms with Crippen LogP contribution in [-0.2, 0) is 23.9 Å². The molecule has 5 heteroatoms. The molecule has 1 rings (SSSR count). The molecule has 1 aliphatic heterocycles. The quantitative estimate of drug-likeness (QED) is 0.712. The van der Waals surface area contributed by atoms with Gasteiger partial charge in [-0.1, -0.05) is 13.8 Å². The highest BCUT2D eigenvalue weighted by atomic mass is 16.6. The Morgan fingerprint density at radius 3 is 2.32 bits per heavy atom. The maximum absolute atomic E-state index is 12.0. The van der Waals surface area contributed by atoms with Gasteiger partial charge in [0.2, 0.25) is 0 Å². The second-order valence-electron chi connectivity index (χ2n) is 5.80. The minimum Gasteiger partial charge on any atom is -0.465 e. The summed E-state index contributed by atoms with van der Waals surface area (Å²) < 4.78 is 10.4. The SMILES string of the molecule is CC(=O)C(C)C(C)C(=O)OC(C)(C)C1COC(=O)C1. The van der Waals surface area contributed by atoms with Crippen molar-refractivity contribution >= 4 is 17.7 Å². The van der Waals surface area contributed by atoms with E-state index in [1.807, 2.05) is 0 Å². The molecule has 108 valence electrons. The maximum atomic E-state index is 12.0. The third kappa shape index (κ3) is 3.78. The Labute approximate surface area is 113 Å². The first kappa shape index (κ1) is 15.7. The number of esters is 2. The van der Waals surface area contributed by atoms with Gasteiger partial charge in [-0.05, 0) is 20.8 Å². The predicted octanol–water partition coefficient (Wildman–Crippen LogP) is 1.73. The summed E-state index contributed by atoms with van der Waals surface area (Å²) in [7, 11) is 0. The van der Waals surface area contributed by atoms with Crippen molar-refractivity contribution in [3.63, 3.8) is 0 Å². The molecule has 1 fully saturated rings. The fraction of sp³-hybridized carbons (Fsp3) is 0.786. The summed E-state index contributed by atoms with van der Waals surface area (Å²) in [5.74, 6) is -1.71. The summed E-state index contributed by atoms with van der Waals surface area (Å²) in [6, 6.07) is 0. The molecule has 0 N–H and O–H groups in total. The third-order valence-corrected chi connectivity index (χ3v) is 3.97. The van der Waals surface area contributed by atoms with Crippen molar-refractivity contribution in [1.29, 1.82) is 0 Å². The van der Waals surface area contributed by atoms with Crippen LogP contribution in [0, 0.1) is 17.8 Å². The molecule has 1 heterocycles.